The van der Waals surface area contributed by atoms with Crippen molar-refractivity contribution in [3.05, 3.63) is 82.3 Å². The Kier molecular flexibility index (Phi) is 5.91. The average Bonchev–Trinajstić information content (AvgIpc) is 3.13. The van der Waals surface area contributed by atoms with E-state index in [1.54, 1.807) is 6.92 Å². The lowest BCUT2D eigenvalue weighted by molar-refractivity contribution is -0.143. The topological polar surface area (TPSA) is 92.1 Å². The van der Waals surface area contributed by atoms with Crippen LogP contribution in [0.3, 0.4) is 0 Å². The molecule has 31 heavy (non-hydrogen) atoms. The number of carbonyl (C=O) groups is 1. The van der Waals surface area contributed by atoms with Crippen LogP contribution in [0.1, 0.15) is 29.9 Å². The van der Waals surface area contributed by atoms with Gasteiger partial charge in [0.25, 0.3) is 11.5 Å². The molecule has 10 heteroatoms. The van der Waals surface area contributed by atoms with E-state index in [-0.39, 0.29) is 22.2 Å². The van der Waals surface area contributed by atoms with Crippen LogP contribution in [-0.2, 0) is 6.18 Å². The molecule has 1 aromatic carbocycles. The zero-order valence-electron chi connectivity index (χ0n) is 16.6. The van der Waals surface area contributed by atoms with Gasteiger partial charge in [-0.15, -0.1) is 0 Å². The number of carbonyl (C=O) groups excluding carboxylic acids is 1. The molecule has 1 amide bonds. The van der Waals surface area contributed by atoms with Crippen molar-refractivity contribution in [2.75, 3.05) is 0 Å². The number of fused-ring (bicyclic) bond motifs is 1. The lowest BCUT2D eigenvalue weighted by Gasteiger charge is -2.14. The second kappa shape index (κ2) is 8.42. The first kappa shape index (κ1) is 21.8. The molecule has 0 unspecified atom stereocenters. The standard InChI is InChI=1S/C21H18F3N5O2/c1-12(2)25-9-7-13(3)28-20(31)16-11-27-29(18(16)21(22,23)24)17-6-4-5-15-14(17)8-10-26-19(15)30/h4-11H,1H2,2-3H3,(H,26,30)(H,28,31)/b13-7+,25-9?. The summed E-state index contributed by atoms with van der Waals surface area (Å²) in [5, 5.41) is 6.66. The first-order valence-corrected chi connectivity index (χ1v) is 9.03. The maximum absolute atomic E-state index is 13.9. The molecule has 0 aliphatic carbocycles. The summed E-state index contributed by atoms with van der Waals surface area (Å²) in [4.78, 5) is 31.0. The van der Waals surface area contributed by atoms with Gasteiger partial charge in [-0.05, 0) is 38.1 Å². The maximum atomic E-state index is 13.9. The molecule has 3 aromatic rings. The Bertz CT molecular complexity index is 1280. The molecule has 2 aromatic heterocycles. The number of hydrogen-bond donors (Lipinski definition) is 2. The molecule has 0 bridgehead atoms. The average molecular weight is 429 g/mol. The zero-order valence-corrected chi connectivity index (χ0v) is 16.6. The Morgan fingerprint density at radius 2 is 2.00 bits per heavy atom. The van der Waals surface area contributed by atoms with E-state index in [9.17, 15) is 22.8 Å². The highest BCUT2D eigenvalue weighted by atomic mass is 19.4. The number of amides is 1. The molecule has 0 atom stereocenters. The van der Waals surface area contributed by atoms with Crippen LogP contribution in [0.15, 0.2) is 70.5 Å². The molecule has 3 rings (SSSR count). The summed E-state index contributed by atoms with van der Waals surface area (Å²) < 4.78 is 42.5. The summed E-state index contributed by atoms with van der Waals surface area (Å²) in [6, 6.07) is 5.80. The molecule has 2 N–H and O–H groups in total. The zero-order chi connectivity index (χ0) is 22.8. The third-order valence-corrected chi connectivity index (χ3v) is 4.23. The highest BCUT2D eigenvalue weighted by Crippen LogP contribution is 2.35. The molecule has 0 aliphatic rings. The van der Waals surface area contributed by atoms with E-state index in [4.69, 9.17) is 0 Å². The Hall–Kier alpha value is -3.95. The van der Waals surface area contributed by atoms with E-state index in [1.807, 2.05) is 0 Å². The highest BCUT2D eigenvalue weighted by molar-refractivity contribution is 5.97. The lowest BCUT2D eigenvalue weighted by Crippen LogP contribution is -2.25. The number of pyridine rings is 1. The van der Waals surface area contributed by atoms with Gasteiger partial charge >= 0.3 is 6.18 Å². The number of rotatable bonds is 5. The first-order valence-electron chi connectivity index (χ1n) is 9.03. The van der Waals surface area contributed by atoms with Crippen molar-refractivity contribution in [3.63, 3.8) is 0 Å². The number of H-pyrrole nitrogens is 1. The number of halogens is 3. The van der Waals surface area contributed by atoms with Crippen molar-refractivity contribution < 1.29 is 18.0 Å². The number of nitrogens with one attached hydrogen (secondary N) is 2. The van der Waals surface area contributed by atoms with Crippen LogP contribution in [0, 0.1) is 0 Å². The van der Waals surface area contributed by atoms with Crippen molar-refractivity contribution in [1.82, 2.24) is 20.1 Å². The SMILES string of the molecule is C=C(C)N=C/C=C(\C)NC(=O)c1cnn(-c2cccc3c(=O)[nH]ccc23)c1C(F)(F)F. The minimum absolute atomic E-state index is 0.0239. The van der Waals surface area contributed by atoms with Gasteiger partial charge in [-0.2, -0.15) is 18.3 Å². The minimum atomic E-state index is -4.88. The van der Waals surface area contributed by atoms with Crippen LogP contribution < -0.4 is 10.9 Å². The largest absolute Gasteiger partial charge is 0.434 e. The number of aromatic nitrogens is 3. The summed E-state index contributed by atoms with van der Waals surface area (Å²) in [6.07, 6.45) is 0.102. The van der Waals surface area contributed by atoms with Crippen LogP contribution in [0.5, 0.6) is 0 Å². The van der Waals surface area contributed by atoms with Gasteiger partial charge in [0.15, 0.2) is 5.69 Å². The monoisotopic (exact) mass is 429 g/mol. The number of alkyl halides is 3. The van der Waals surface area contributed by atoms with E-state index in [1.165, 1.54) is 49.7 Å². The van der Waals surface area contributed by atoms with E-state index in [0.717, 1.165) is 6.20 Å². The molecule has 7 nitrogen and oxygen atoms in total. The van der Waals surface area contributed by atoms with Crippen molar-refractivity contribution in [2.24, 2.45) is 4.99 Å². The lowest BCUT2D eigenvalue weighted by atomic mass is 10.1. The van der Waals surface area contributed by atoms with E-state index >= 15 is 0 Å². The number of nitrogens with zero attached hydrogens (tertiary/aromatic N) is 3. The van der Waals surface area contributed by atoms with Crippen LogP contribution in [0.4, 0.5) is 13.2 Å². The van der Waals surface area contributed by atoms with Gasteiger partial charge in [-0.1, -0.05) is 12.6 Å². The smallest absolute Gasteiger partial charge is 0.329 e. The summed E-state index contributed by atoms with van der Waals surface area (Å²) >= 11 is 0. The maximum Gasteiger partial charge on any atom is 0.434 e. The van der Waals surface area contributed by atoms with Crippen molar-refractivity contribution in [2.45, 2.75) is 20.0 Å². The van der Waals surface area contributed by atoms with E-state index < -0.39 is 28.9 Å². The van der Waals surface area contributed by atoms with Crippen LogP contribution in [-0.4, -0.2) is 26.9 Å². The molecule has 0 saturated heterocycles. The Morgan fingerprint density at radius 3 is 2.68 bits per heavy atom. The van der Waals surface area contributed by atoms with Crippen molar-refractivity contribution in [1.29, 1.82) is 0 Å². The predicted molar refractivity (Wildman–Crippen MR) is 111 cm³/mol. The summed E-state index contributed by atoms with van der Waals surface area (Å²) in [7, 11) is 0. The third kappa shape index (κ3) is 4.63. The van der Waals surface area contributed by atoms with Gasteiger partial charge in [-0.25, -0.2) is 4.68 Å². The fourth-order valence-electron chi connectivity index (χ4n) is 2.92. The molecule has 2 heterocycles. The second-order valence-electron chi connectivity index (χ2n) is 6.68. The summed E-state index contributed by atoms with van der Waals surface area (Å²) in [5.74, 6) is -0.978. The normalized spacial score (nSPS) is 12.5. The quantitative estimate of drug-likeness (QED) is 0.601. The van der Waals surface area contributed by atoms with Crippen LogP contribution >= 0.6 is 0 Å². The van der Waals surface area contributed by atoms with Gasteiger partial charge in [0.05, 0.1) is 17.4 Å². The number of aromatic amines is 1. The Balaban J connectivity index is 2.09. The molecule has 0 radical (unpaired) electrons. The number of hydrogen-bond acceptors (Lipinski definition) is 4. The van der Waals surface area contributed by atoms with Crippen molar-refractivity contribution >= 4 is 22.9 Å². The van der Waals surface area contributed by atoms with E-state index in [2.05, 4.69) is 27.0 Å². The Labute approximate surface area is 174 Å². The fourth-order valence-corrected chi connectivity index (χ4v) is 2.92. The van der Waals surface area contributed by atoms with Gasteiger partial charge in [-0.3, -0.25) is 14.6 Å². The minimum Gasteiger partial charge on any atom is -0.329 e. The van der Waals surface area contributed by atoms with Crippen LogP contribution in [0.25, 0.3) is 16.5 Å². The molecule has 160 valence electrons. The molecular weight excluding hydrogens is 411 g/mol. The first-order chi connectivity index (χ1) is 14.6. The van der Waals surface area contributed by atoms with Gasteiger partial charge in [0.2, 0.25) is 0 Å². The van der Waals surface area contributed by atoms with Crippen molar-refractivity contribution in [3.8, 4) is 5.69 Å². The van der Waals surface area contributed by atoms with Gasteiger partial charge < -0.3 is 10.3 Å². The van der Waals surface area contributed by atoms with Gasteiger partial charge in [0, 0.05) is 34.6 Å². The predicted octanol–water partition coefficient (Wildman–Crippen LogP) is 3.97. The molecular formula is C21H18F3N5O2. The van der Waals surface area contributed by atoms with Gasteiger partial charge in [0.1, 0.15) is 0 Å². The third-order valence-electron chi connectivity index (χ3n) is 4.23. The summed E-state index contributed by atoms with van der Waals surface area (Å²) in [6.45, 7) is 6.77. The highest BCUT2D eigenvalue weighted by Gasteiger charge is 2.40. The number of allylic oxidation sites excluding steroid dienone is 3. The molecule has 0 spiro atoms. The molecule has 0 saturated carbocycles. The Morgan fingerprint density at radius 1 is 1.26 bits per heavy atom. The van der Waals surface area contributed by atoms with E-state index in [0.29, 0.717) is 10.4 Å². The second-order valence-corrected chi connectivity index (χ2v) is 6.68. The molecule has 0 fully saturated rings. The summed E-state index contributed by atoms with van der Waals surface area (Å²) in [5.41, 5.74) is -1.51. The molecule has 0 aliphatic heterocycles. The van der Waals surface area contributed by atoms with Crippen LogP contribution in [0.2, 0.25) is 0 Å². The fraction of sp³-hybridized carbons (Fsp3) is 0.143. The number of benzene rings is 1. The number of aliphatic imine (C=N–C) groups is 1.